The summed E-state index contributed by atoms with van der Waals surface area (Å²) in [6.07, 6.45) is -9.85. The predicted molar refractivity (Wildman–Crippen MR) is 47.7 cm³/mol. The summed E-state index contributed by atoms with van der Waals surface area (Å²) in [5, 5.41) is 0. The van der Waals surface area contributed by atoms with E-state index in [1.165, 1.54) is 0 Å². The van der Waals surface area contributed by atoms with E-state index in [4.69, 9.17) is 11.6 Å². The number of halogens is 7. The molecule has 0 aromatic heterocycles. The Kier molecular flexibility index (Phi) is 3.81. The number of hydrogen-bond donors (Lipinski definition) is 0. The van der Waals surface area contributed by atoms with Gasteiger partial charge in [-0.3, -0.25) is 0 Å². The Morgan fingerprint density at radius 2 is 1.65 bits per heavy atom. The van der Waals surface area contributed by atoms with Gasteiger partial charge >= 0.3 is 12.5 Å². The Morgan fingerprint density at radius 3 is 2.06 bits per heavy atom. The Morgan fingerprint density at radius 1 is 1.06 bits per heavy atom. The molecule has 0 aliphatic carbocycles. The standard InChI is InChI=1S/C9H5ClF6O/c10-4-5-6(8(11,12)13)2-1-3-7(5)17-9(14,15)16/h1-3H,4H2. The van der Waals surface area contributed by atoms with Crippen LogP contribution >= 0.6 is 11.6 Å². The quantitative estimate of drug-likeness (QED) is 0.577. The maximum atomic E-state index is 12.5. The van der Waals surface area contributed by atoms with Gasteiger partial charge in [-0.2, -0.15) is 13.2 Å². The molecule has 0 unspecified atom stereocenters. The van der Waals surface area contributed by atoms with Crippen molar-refractivity contribution in [2.45, 2.75) is 18.4 Å². The van der Waals surface area contributed by atoms with E-state index in [0.29, 0.717) is 6.07 Å². The fourth-order valence-electron chi connectivity index (χ4n) is 1.19. The molecule has 0 bridgehead atoms. The van der Waals surface area contributed by atoms with Gasteiger partial charge in [-0.05, 0) is 12.1 Å². The largest absolute Gasteiger partial charge is 0.573 e. The number of alkyl halides is 7. The molecule has 0 heterocycles. The average Bonchev–Trinajstić information content (AvgIpc) is 2.13. The van der Waals surface area contributed by atoms with Gasteiger partial charge in [-0.15, -0.1) is 24.8 Å². The van der Waals surface area contributed by atoms with Crippen LogP contribution < -0.4 is 4.74 Å². The highest BCUT2D eigenvalue weighted by Gasteiger charge is 2.37. The number of rotatable bonds is 2. The van der Waals surface area contributed by atoms with Gasteiger partial charge in [0.05, 0.1) is 11.4 Å². The minimum absolute atomic E-state index is 0.640. The second-order valence-electron chi connectivity index (χ2n) is 2.96. The highest BCUT2D eigenvalue weighted by Crippen LogP contribution is 2.38. The Labute approximate surface area is 96.9 Å². The van der Waals surface area contributed by atoms with Crippen molar-refractivity contribution in [3.05, 3.63) is 29.3 Å². The molecule has 0 aliphatic heterocycles. The molecule has 1 rings (SSSR count). The zero-order valence-corrected chi connectivity index (χ0v) is 8.75. The fraction of sp³-hybridized carbons (Fsp3) is 0.333. The van der Waals surface area contributed by atoms with Gasteiger partial charge in [0.25, 0.3) is 0 Å². The molecule has 1 aromatic carbocycles. The van der Waals surface area contributed by atoms with Gasteiger partial charge in [0.1, 0.15) is 5.75 Å². The molecular formula is C9H5ClF6O. The van der Waals surface area contributed by atoms with E-state index in [1.54, 1.807) is 0 Å². The maximum Gasteiger partial charge on any atom is 0.573 e. The van der Waals surface area contributed by atoms with Crippen LogP contribution in [0.1, 0.15) is 11.1 Å². The van der Waals surface area contributed by atoms with Crippen molar-refractivity contribution in [3.63, 3.8) is 0 Å². The Bertz CT molecular complexity index is 397. The smallest absolute Gasteiger partial charge is 0.405 e. The molecule has 8 heteroatoms. The minimum atomic E-state index is -5.06. The summed E-state index contributed by atoms with van der Waals surface area (Å²) >= 11 is 5.22. The molecule has 0 radical (unpaired) electrons. The van der Waals surface area contributed by atoms with Gasteiger partial charge in [0.2, 0.25) is 0 Å². The molecule has 0 N–H and O–H groups in total. The molecule has 0 fully saturated rings. The Hall–Kier alpha value is -1.11. The monoisotopic (exact) mass is 278 g/mol. The first-order valence-electron chi connectivity index (χ1n) is 4.16. The number of ether oxygens (including phenoxy) is 1. The van der Waals surface area contributed by atoms with E-state index >= 15 is 0 Å². The van der Waals surface area contributed by atoms with E-state index in [-0.39, 0.29) is 0 Å². The van der Waals surface area contributed by atoms with Crippen molar-refractivity contribution in [2.24, 2.45) is 0 Å². The molecule has 96 valence electrons. The summed E-state index contributed by atoms with van der Waals surface area (Å²) in [7, 11) is 0. The van der Waals surface area contributed by atoms with Crippen LogP contribution in [0, 0.1) is 0 Å². The average molecular weight is 279 g/mol. The highest BCUT2D eigenvalue weighted by atomic mass is 35.5. The van der Waals surface area contributed by atoms with E-state index in [9.17, 15) is 26.3 Å². The normalized spacial score (nSPS) is 12.6. The van der Waals surface area contributed by atoms with Crippen molar-refractivity contribution in [1.29, 1.82) is 0 Å². The third-order valence-electron chi connectivity index (χ3n) is 1.80. The summed E-state index contributed by atoms with van der Waals surface area (Å²) in [5.74, 6) is -1.68. The maximum absolute atomic E-state index is 12.5. The lowest BCUT2D eigenvalue weighted by Gasteiger charge is -2.16. The second kappa shape index (κ2) is 4.64. The van der Waals surface area contributed by atoms with Crippen molar-refractivity contribution < 1.29 is 31.1 Å². The summed E-state index contributed by atoms with van der Waals surface area (Å²) in [5.41, 5.74) is -1.98. The van der Waals surface area contributed by atoms with Crippen LogP contribution in [-0.2, 0) is 12.1 Å². The fourth-order valence-corrected chi connectivity index (χ4v) is 1.47. The van der Waals surface area contributed by atoms with Crippen molar-refractivity contribution in [1.82, 2.24) is 0 Å². The van der Waals surface area contributed by atoms with E-state index in [0.717, 1.165) is 12.1 Å². The molecule has 1 aromatic rings. The second-order valence-corrected chi connectivity index (χ2v) is 3.23. The van der Waals surface area contributed by atoms with Gasteiger partial charge in [-0.1, -0.05) is 6.07 Å². The topological polar surface area (TPSA) is 9.23 Å². The summed E-state index contributed by atoms with van der Waals surface area (Å²) < 4.78 is 76.7. The Balaban J connectivity index is 3.24. The SMILES string of the molecule is FC(F)(F)Oc1cccc(C(F)(F)F)c1CCl. The molecule has 0 spiro atoms. The molecule has 0 saturated heterocycles. The van der Waals surface area contributed by atoms with Crippen LogP contribution in [0.5, 0.6) is 5.75 Å². The van der Waals surface area contributed by atoms with Crippen LogP contribution in [0.3, 0.4) is 0 Å². The van der Waals surface area contributed by atoms with Crippen LogP contribution in [-0.4, -0.2) is 6.36 Å². The first-order valence-corrected chi connectivity index (χ1v) is 4.69. The zero-order valence-electron chi connectivity index (χ0n) is 7.99. The minimum Gasteiger partial charge on any atom is -0.405 e. The highest BCUT2D eigenvalue weighted by molar-refractivity contribution is 6.17. The third kappa shape index (κ3) is 3.69. The summed E-state index contributed by atoms with van der Waals surface area (Å²) in [6, 6.07) is 2.24. The molecule has 0 amide bonds. The van der Waals surface area contributed by atoms with Crippen molar-refractivity contribution in [2.75, 3.05) is 0 Å². The van der Waals surface area contributed by atoms with Crippen LogP contribution in [0.25, 0.3) is 0 Å². The van der Waals surface area contributed by atoms with Gasteiger partial charge in [-0.25, -0.2) is 0 Å². The molecule has 17 heavy (non-hydrogen) atoms. The van der Waals surface area contributed by atoms with Gasteiger partial charge in [0.15, 0.2) is 0 Å². The molecule has 0 aliphatic rings. The van der Waals surface area contributed by atoms with Crippen molar-refractivity contribution >= 4 is 11.6 Å². The van der Waals surface area contributed by atoms with E-state index in [2.05, 4.69) is 4.74 Å². The van der Waals surface area contributed by atoms with Crippen LogP contribution in [0.2, 0.25) is 0 Å². The van der Waals surface area contributed by atoms with Gasteiger partial charge in [0, 0.05) is 5.56 Å². The lowest BCUT2D eigenvalue weighted by molar-refractivity contribution is -0.275. The molecule has 0 atom stereocenters. The predicted octanol–water partition coefficient (Wildman–Crippen LogP) is 4.34. The number of hydrogen-bond acceptors (Lipinski definition) is 1. The first kappa shape index (κ1) is 14.0. The van der Waals surface area contributed by atoms with E-state index < -0.39 is 35.3 Å². The molecule has 1 nitrogen and oxygen atoms in total. The van der Waals surface area contributed by atoms with Crippen molar-refractivity contribution in [3.8, 4) is 5.75 Å². The van der Waals surface area contributed by atoms with E-state index in [1.807, 2.05) is 0 Å². The lowest BCUT2D eigenvalue weighted by Crippen LogP contribution is -2.19. The van der Waals surface area contributed by atoms with Crippen LogP contribution in [0.15, 0.2) is 18.2 Å². The van der Waals surface area contributed by atoms with Gasteiger partial charge < -0.3 is 4.74 Å². The first-order chi connectivity index (χ1) is 7.65. The zero-order chi connectivity index (χ0) is 13.3. The third-order valence-corrected chi connectivity index (χ3v) is 2.07. The molecular weight excluding hydrogens is 274 g/mol. The summed E-state index contributed by atoms with van der Waals surface area (Å²) in [6.45, 7) is 0. The number of benzene rings is 1. The molecule has 0 saturated carbocycles. The lowest BCUT2D eigenvalue weighted by atomic mass is 10.1. The summed E-state index contributed by atoms with van der Waals surface area (Å²) in [4.78, 5) is 0. The van der Waals surface area contributed by atoms with Crippen LogP contribution in [0.4, 0.5) is 26.3 Å².